The molecule has 4 rings (SSSR count). The first-order valence-corrected chi connectivity index (χ1v) is 12.3. The minimum atomic E-state index is -0.592. The van der Waals surface area contributed by atoms with Crippen molar-refractivity contribution in [3.05, 3.63) is 95.1 Å². The van der Waals surface area contributed by atoms with Crippen LogP contribution in [0.5, 0.6) is 0 Å². The van der Waals surface area contributed by atoms with Gasteiger partial charge >= 0.3 is 5.97 Å². The van der Waals surface area contributed by atoms with Crippen molar-refractivity contribution in [1.29, 1.82) is 0 Å². The number of nitrogens with one attached hydrogen (secondary N) is 1. The molecule has 6 nitrogen and oxygen atoms in total. The Morgan fingerprint density at radius 1 is 0.944 bits per heavy atom. The zero-order valence-corrected chi connectivity index (χ0v) is 21.5. The Labute approximate surface area is 213 Å². The molecular weight excluding hydrogens is 450 g/mol. The first-order valence-electron chi connectivity index (χ1n) is 12.3. The number of nitrogens with zero attached hydrogens (tertiary/aromatic N) is 2. The fourth-order valence-electron chi connectivity index (χ4n) is 4.67. The van der Waals surface area contributed by atoms with Crippen LogP contribution in [0.1, 0.15) is 60.7 Å². The van der Waals surface area contributed by atoms with Crippen LogP contribution in [0.25, 0.3) is 0 Å². The van der Waals surface area contributed by atoms with Crippen LogP contribution in [0, 0.1) is 0 Å². The second kappa shape index (κ2) is 10.9. The van der Waals surface area contributed by atoms with Crippen LogP contribution in [0.4, 0.5) is 11.4 Å². The zero-order valence-electron chi connectivity index (χ0n) is 21.5. The SMILES string of the molecule is COC(=O)c1ccc2c(c1)NC(=O)C2C(=Nc1ccc(CN(C(C)C)C(C)C)cc1)c1ccccc1. The number of carbonyl (C=O) groups is 2. The lowest BCUT2D eigenvalue weighted by Crippen LogP contribution is -2.36. The van der Waals surface area contributed by atoms with Gasteiger partial charge in [-0.25, -0.2) is 4.79 Å². The van der Waals surface area contributed by atoms with Crippen molar-refractivity contribution in [2.75, 3.05) is 12.4 Å². The Morgan fingerprint density at radius 2 is 1.61 bits per heavy atom. The summed E-state index contributed by atoms with van der Waals surface area (Å²) in [6, 6.07) is 24.0. The van der Waals surface area contributed by atoms with Crippen LogP contribution >= 0.6 is 0 Å². The molecule has 1 aliphatic rings. The van der Waals surface area contributed by atoms with Crippen LogP contribution in [-0.4, -0.2) is 41.7 Å². The van der Waals surface area contributed by atoms with Gasteiger partial charge in [0.15, 0.2) is 0 Å². The predicted molar refractivity (Wildman–Crippen MR) is 144 cm³/mol. The van der Waals surface area contributed by atoms with Gasteiger partial charge in [-0.15, -0.1) is 0 Å². The number of anilines is 1. The van der Waals surface area contributed by atoms with Gasteiger partial charge < -0.3 is 10.1 Å². The van der Waals surface area contributed by atoms with E-state index in [1.165, 1.54) is 12.7 Å². The average molecular weight is 484 g/mol. The number of hydrogen-bond acceptors (Lipinski definition) is 5. The summed E-state index contributed by atoms with van der Waals surface area (Å²) < 4.78 is 4.83. The first kappa shape index (κ1) is 25.3. The third-order valence-corrected chi connectivity index (χ3v) is 6.53. The molecule has 1 N–H and O–H groups in total. The number of amides is 1. The molecule has 0 fully saturated rings. The minimum Gasteiger partial charge on any atom is -0.465 e. The van der Waals surface area contributed by atoms with Crippen molar-refractivity contribution in [3.8, 4) is 0 Å². The molecule has 0 bridgehead atoms. The van der Waals surface area contributed by atoms with Gasteiger partial charge in [0.25, 0.3) is 0 Å². The number of ether oxygens (including phenoxy) is 1. The second-order valence-electron chi connectivity index (χ2n) is 9.61. The molecule has 1 heterocycles. The Hall–Kier alpha value is -3.77. The maximum Gasteiger partial charge on any atom is 0.337 e. The molecule has 0 radical (unpaired) electrons. The van der Waals surface area contributed by atoms with E-state index in [2.05, 4.69) is 50.0 Å². The molecule has 3 aromatic rings. The minimum absolute atomic E-state index is 0.171. The fraction of sp³-hybridized carbons (Fsp3) is 0.300. The summed E-state index contributed by atoms with van der Waals surface area (Å²) in [7, 11) is 1.34. The highest BCUT2D eigenvalue weighted by Gasteiger charge is 2.36. The van der Waals surface area contributed by atoms with Crippen molar-refractivity contribution in [2.45, 2.75) is 52.2 Å². The van der Waals surface area contributed by atoms with E-state index in [0.29, 0.717) is 29.0 Å². The van der Waals surface area contributed by atoms with Crippen LogP contribution in [-0.2, 0) is 16.1 Å². The standard InChI is InChI=1S/C30H33N3O3/c1-19(2)33(20(3)4)18-21-11-14-24(15-12-21)31-28(22-9-7-6-8-10-22)27-25-16-13-23(30(35)36-5)17-26(25)32-29(27)34/h6-17,19-20,27H,18H2,1-5H3,(H,32,34). The quantitative estimate of drug-likeness (QED) is 0.318. The Bertz CT molecular complexity index is 1260. The molecule has 1 atom stereocenters. The van der Waals surface area contributed by atoms with Gasteiger partial charge in [-0.2, -0.15) is 0 Å². The lowest BCUT2D eigenvalue weighted by atomic mass is 9.90. The van der Waals surface area contributed by atoms with Gasteiger partial charge in [-0.1, -0.05) is 48.5 Å². The third-order valence-electron chi connectivity index (χ3n) is 6.53. The Kier molecular flexibility index (Phi) is 7.65. The molecule has 1 unspecified atom stereocenters. The molecule has 0 aromatic heterocycles. The highest BCUT2D eigenvalue weighted by molar-refractivity contribution is 6.24. The van der Waals surface area contributed by atoms with E-state index in [1.54, 1.807) is 18.2 Å². The van der Waals surface area contributed by atoms with E-state index >= 15 is 0 Å². The summed E-state index contributed by atoms with van der Waals surface area (Å²) >= 11 is 0. The molecule has 0 aliphatic carbocycles. The monoisotopic (exact) mass is 483 g/mol. The van der Waals surface area contributed by atoms with Gasteiger partial charge in [0.2, 0.25) is 5.91 Å². The highest BCUT2D eigenvalue weighted by Crippen LogP contribution is 2.37. The number of fused-ring (bicyclic) bond motifs is 1. The summed E-state index contributed by atoms with van der Waals surface area (Å²) in [6.45, 7) is 9.71. The van der Waals surface area contributed by atoms with Crippen molar-refractivity contribution < 1.29 is 14.3 Å². The number of methoxy groups -OCH3 is 1. The Morgan fingerprint density at radius 3 is 2.22 bits per heavy atom. The van der Waals surface area contributed by atoms with E-state index in [1.807, 2.05) is 42.5 Å². The van der Waals surface area contributed by atoms with Gasteiger partial charge in [0.1, 0.15) is 5.92 Å². The normalized spacial score (nSPS) is 15.4. The highest BCUT2D eigenvalue weighted by atomic mass is 16.5. The maximum absolute atomic E-state index is 13.2. The Balaban J connectivity index is 1.70. The number of aliphatic imine (C=N–C) groups is 1. The average Bonchev–Trinajstić information content (AvgIpc) is 3.20. The third kappa shape index (κ3) is 5.39. The van der Waals surface area contributed by atoms with E-state index < -0.39 is 11.9 Å². The van der Waals surface area contributed by atoms with E-state index in [4.69, 9.17) is 9.73 Å². The van der Waals surface area contributed by atoms with E-state index in [-0.39, 0.29) is 5.91 Å². The second-order valence-corrected chi connectivity index (χ2v) is 9.61. The lowest BCUT2D eigenvalue weighted by molar-refractivity contribution is -0.115. The van der Waals surface area contributed by atoms with Gasteiger partial charge in [0, 0.05) is 24.3 Å². The number of esters is 1. The van der Waals surface area contributed by atoms with Crippen molar-refractivity contribution in [3.63, 3.8) is 0 Å². The number of carbonyl (C=O) groups excluding carboxylic acids is 2. The summed E-state index contributed by atoms with van der Waals surface area (Å²) in [5.74, 6) is -1.21. The first-order chi connectivity index (χ1) is 17.3. The molecule has 0 saturated carbocycles. The summed E-state index contributed by atoms with van der Waals surface area (Å²) in [5, 5.41) is 2.92. The molecular formula is C30H33N3O3. The summed E-state index contributed by atoms with van der Waals surface area (Å²) in [6.07, 6.45) is 0. The molecule has 0 saturated heterocycles. The number of benzene rings is 3. The van der Waals surface area contributed by atoms with E-state index in [0.717, 1.165) is 23.4 Å². The molecule has 6 heteroatoms. The summed E-state index contributed by atoms with van der Waals surface area (Å²) in [4.78, 5) is 32.6. The predicted octanol–water partition coefficient (Wildman–Crippen LogP) is 5.95. The molecule has 0 spiro atoms. The molecule has 3 aromatic carbocycles. The van der Waals surface area contributed by atoms with Crippen molar-refractivity contribution in [1.82, 2.24) is 4.90 Å². The molecule has 1 aliphatic heterocycles. The topological polar surface area (TPSA) is 71.0 Å². The molecule has 186 valence electrons. The number of hydrogen-bond donors (Lipinski definition) is 1. The maximum atomic E-state index is 13.2. The zero-order chi connectivity index (χ0) is 25.8. The smallest absolute Gasteiger partial charge is 0.337 e. The van der Waals surface area contributed by atoms with Crippen molar-refractivity contribution >= 4 is 29.0 Å². The van der Waals surface area contributed by atoms with E-state index in [9.17, 15) is 9.59 Å². The molecule has 1 amide bonds. The molecule has 36 heavy (non-hydrogen) atoms. The fourth-order valence-corrected chi connectivity index (χ4v) is 4.67. The largest absolute Gasteiger partial charge is 0.465 e. The summed E-state index contributed by atoms with van der Waals surface area (Å²) in [5.41, 5.74) is 5.32. The van der Waals surface area contributed by atoms with Crippen LogP contribution < -0.4 is 5.32 Å². The van der Waals surface area contributed by atoms with Gasteiger partial charge in [-0.05, 0) is 68.7 Å². The van der Waals surface area contributed by atoms with Crippen LogP contribution in [0.15, 0.2) is 77.8 Å². The van der Waals surface area contributed by atoms with Crippen LogP contribution in [0.3, 0.4) is 0 Å². The van der Waals surface area contributed by atoms with Gasteiger partial charge in [-0.3, -0.25) is 14.7 Å². The number of rotatable bonds is 8. The van der Waals surface area contributed by atoms with Crippen molar-refractivity contribution in [2.24, 2.45) is 4.99 Å². The lowest BCUT2D eigenvalue weighted by Gasteiger charge is -2.30. The van der Waals surface area contributed by atoms with Gasteiger partial charge in [0.05, 0.1) is 24.1 Å². The van der Waals surface area contributed by atoms with Crippen LogP contribution in [0.2, 0.25) is 0 Å².